The Labute approximate surface area is 190 Å². The van der Waals surface area contributed by atoms with Crippen molar-refractivity contribution in [3.05, 3.63) is 89.2 Å². The van der Waals surface area contributed by atoms with Crippen LogP contribution in [0.25, 0.3) is 11.1 Å². The maximum Gasteiger partial charge on any atom is 0.272 e. The number of rotatable bonds is 5. The lowest BCUT2D eigenvalue weighted by molar-refractivity contribution is 0.0729. The molecule has 5 rings (SSSR count). The Hall–Kier alpha value is -2.98. The zero-order valence-corrected chi connectivity index (χ0v) is 18.8. The summed E-state index contributed by atoms with van der Waals surface area (Å²) in [6, 6.07) is 22.0. The van der Waals surface area contributed by atoms with Crippen LogP contribution in [-0.2, 0) is 19.4 Å². The summed E-state index contributed by atoms with van der Waals surface area (Å²) >= 11 is 0. The van der Waals surface area contributed by atoms with Gasteiger partial charge in [0.2, 0.25) is 0 Å². The first-order valence-corrected chi connectivity index (χ1v) is 11.8. The van der Waals surface area contributed by atoms with E-state index in [-0.39, 0.29) is 5.91 Å². The number of pyridine rings is 1. The second kappa shape index (κ2) is 9.25. The molecule has 0 bridgehead atoms. The average molecular weight is 426 g/mol. The van der Waals surface area contributed by atoms with E-state index < -0.39 is 0 Å². The number of hydrogen-bond donors (Lipinski definition) is 0. The predicted molar refractivity (Wildman–Crippen MR) is 129 cm³/mol. The van der Waals surface area contributed by atoms with Crippen LogP contribution in [0.3, 0.4) is 0 Å². The van der Waals surface area contributed by atoms with E-state index in [1.807, 2.05) is 17.0 Å². The number of aromatic nitrogens is 1. The largest absolute Gasteiger partial charge is 0.333 e. The van der Waals surface area contributed by atoms with Gasteiger partial charge in [-0.3, -0.25) is 9.78 Å². The summed E-state index contributed by atoms with van der Waals surface area (Å²) in [5.41, 5.74) is 7.03. The van der Waals surface area contributed by atoms with Crippen molar-refractivity contribution in [1.82, 2.24) is 14.8 Å². The fraction of sp³-hybridized carbons (Fsp3) is 0.357. The lowest BCUT2D eigenvalue weighted by Gasteiger charge is -2.29. The number of amides is 1. The van der Waals surface area contributed by atoms with E-state index in [2.05, 4.69) is 59.3 Å². The van der Waals surface area contributed by atoms with Crippen LogP contribution in [0.2, 0.25) is 0 Å². The minimum absolute atomic E-state index is 0.0132. The molecule has 164 valence electrons. The summed E-state index contributed by atoms with van der Waals surface area (Å²) in [6.07, 6.45) is 6.36. The highest BCUT2D eigenvalue weighted by Gasteiger charge is 2.23. The van der Waals surface area contributed by atoms with Crippen LogP contribution < -0.4 is 0 Å². The van der Waals surface area contributed by atoms with Crippen LogP contribution in [-0.4, -0.2) is 46.4 Å². The smallest absolute Gasteiger partial charge is 0.272 e. The van der Waals surface area contributed by atoms with Gasteiger partial charge in [-0.25, -0.2) is 0 Å². The molecule has 0 N–H and O–H groups in total. The Morgan fingerprint density at radius 1 is 1.00 bits per heavy atom. The van der Waals surface area contributed by atoms with E-state index in [0.717, 1.165) is 32.0 Å². The summed E-state index contributed by atoms with van der Waals surface area (Å²) in [6.45, 7) is 6.14. The molecule has 0 saturated carbocycles. The summed E-state index contributed by atoms with van der Waals surface area (Å²) < 4.78 is 0. The maximum atomic E-state index is 12.7. The van der Waals surface area contributed by atoms with Crippen LogP contribution in [0.1, 0.15) is 46.9 Å². The molecule has 2 aromatic carbocycles. The van der Waals surface area contributed by atoms with E-state index in [1.54, 1.807) is 12.3 Å². The number of hydrogen-bond acceptors (Lipinski definition) is 3. The number of carbonyl (C=O) groups is 1. The molecule has 2 aliphatic rings. The van der Waals surface area contributed by atoms with Gasteiger partial charge in [-0.05, 0) is 79.1 Å². The highest BCUT2D eigenvalue weighted by Crippen LogP contribution is 2.27. The van der Waals surface area contributed by atoms with E-state index in [4.69, 9.17) is 0 Å². The third-order valence-electron chi connectivity index (χ3n) is 7.06. The van der Waals surface area contributed by atoms with Gasteiger partial charge in [0.1, 0.15) is 5.69 Å². The van der Waals surface area contributed by atoms with Crippen molar-refractivity contribution in [2.45, 2.75) is 45.2 Å². The van der Waals surface area contributed by atoms with E-state index in [1.165, 1.54) is 47.2 Å². The normalized spacial score (nSPS) is 18.5. The number of carbonyl (C=O) groups excluding carboxylic acids is 1. The average Bonchev–Trinajstić information content (AvgIpc) is 3.27. The molecule has 0 radical (unpaired) electrons. The molecule has 0 spiro atoms. The molecule has 1 saturated heterocycles. The Bertz CT molecular complexity index is 1080. The van der Waals surface area contributed by atoms with Crippen molar-refractivity contribution < 1.29 is 4.79 Å². The fourth-order valence-electron chi connectivity index (χ4n) is 5.02. The topological polar surface area (TPSA) is 36.4 Å². The van der Waals surface area contributed by atoms with Gasteiger partial charge in [0, 0.05) is 31.9 Å². The Morgan fingerprint density at radius 2 is 1.84 bits per heavy atom. The van der Waals surface area contributed by atoms with Crippen LogP contribution in [0.4, 0.5) is 0 Å². The van der Waals surface area contributed by atoms with Gasteiger partial charge < -0.3 is 9.80 Å². The van der Waals surface area contributed by atoms with E-state index in [9.17, 15) is 4.79 Å². The van der Waals surface area contributed by atoms with Crippen molar-refractivity contribution in [2.75, 3.05) is 19.6 Å². The summed E-state index contributed by atoms with van der Waals surface area (Å²) in [5.74, 6) is 0.0132. The van der Waals surface area contributed by atoms with Crippen LogP contribution >= 0.6 is 0 Å². The minimum atomic E-state index is 0.0132. The zero-order valence-electron chi connectivity index (χ0n) is 18.8. The standard InChI is InChI=1S/C28H31N3O/c1-21-5-4-16-30(21)17-13-22-7-9-23(10-8-22)24-11-12-26-20-31(18-14-25(26)19-24)28(32)27-6-2-3-15-29-27/h2-3,6-12,15,19,21H,4-5,13-14,16-18,20H2,1H3. The molecule has 4 nitrogen and oxygen atoms in total. The first kappa shape index (κ1) is 20.9. The van der Waals surface area contributed by atoms with Crippen LogP contribution in [0.15, 0.2) is 66.9 Å². The highest BCUT2D eigenvalue weighted by atomic mass is 16.2. The first-order valence-electron chi connectivity index (χ1n) is 11.8. The molecule has 4 heteroatoms. The molecule has 1 unspecified atom stereocenters. The number of benzene rings is 2. The number of fused-ring (bicyclic) bond motifs is 1. The Kier molecular flexibility index (Phi) is 6.04. The van der Waals surface area contributed by atoms with Gasteiger partial charge >= 0.3 is 0 Å². The van der Waals surface area contributed by atoms with Gasteiger partial charge in [0.15, 0.2) is 0 Å². The van der Waals surface area contributed by atoms with E-state index in [0.29, 0.717) is 12.2 Å². The lowest BCUT2D eigenvalue weighted by atomic mass is 9.94. The zero-order chi connectivity index (χ0) is 21.9. The third kappa shape index (κ3) is 4.46. The minimum Gasteiger partial charge on any atom is -0.333 e. The molecule has 2 aliphatic heterocycles. The van der Waals surface area contributed by atoms with Crippen molar-refractivity contribution in [3.8, 4) is 11.1 Å². The molecule has 1 atom stereocenters. The summed E-state index contributed by atoms with van der Waals surface area (Å²) in [7, 11) is 0. The fourth-order valence-corrected chi connectivity index (χ4v) is 5.02. The van der Waals surface area contributed by atoms with Crippen LogP contribution in [0, 0.1) is 0 Å². The molecule has 1 aromatic heterocycles. The van der Waals surface area contributed by atoms with Gasteiger partial charge in [0.25, 0.3) is 5.91 Å². The molecule has 0 aliphatic carbocycles. The molecule has 1 fully saturated rings. The molecule has 3 heterocycles. The van der Waals surface area contributed by atoms with Crippen LogP contribution in [0.5, 0.6) is 0 Å². The quantitative estimate of drug-likeness (QED) is 0.579. The van der Waals surface area contributed by atoms with Gasteiger partial charge in [0.05, 0.1) is 0 Å². The second-order valence-corrected chi connectivity index (χ2v) is 9.15. The SMILES string of the molecule is CC1CCCN1CCc1ccc(-c2ccc3c(c2)CCN(C(=O)c2ccccn2)C3)cc1. The lowest BCUT2D eigenvalue weighted by Crippen LogP contribution is -2.36. The number of nitrogens with zero attached hydrogens (tertiary/aromatic N) is 3. The van der Waals surface area contributed by atoms with Gasteiger partial charge in [-0.15, -0.1) is 0 Å². The molecule has 32 heavy (non-hydrogen) atoms. The highest BCUT2D eigenvalue weighted by molar-refractivity contribution is 5.92. The van der Waals surface area contributed by atoms with Gasteiger partial charge in [-0.2, -0.15) is 0 Å². The van der Waals surface area contributed by atoms with E-state index >= 15 is 0 Å². The predicted octanol–water partition coefficient (Wildman–Crippen LogP) is 4.97. The first-order chi connectivity index (χ1) is 15.7. The Balaban J connectivity index is 1.24. The van der Waals surface area contributed by atoms with Crippen molar-refractivity contribution in [1.29, 1.82) is 0 Å². The van der Waals surface area contributed by atoms with Crippen molar-refractivity contribution >= 4 is 5.91 Å². The monoisotopic (exact) mass is 425 g/mol. The molecule has 1 amide bonds. The Morgan fingerprint density at radius 3 is 2.59 bits per heavy atom. The molecular formula is C28H31N3O. The third-order valence-corrected chi connectivity index (χ3v) is 7.06. The summed E-state index contributed by atoms with van der Waals surface area (Å²) in [5, 5.41) is 0. The second-order valence-electron chi connectivity index (χ2n) is 9.15. The van der Waals surface area contributed by atoms with Crippen molar-refractivity contribution in [3.63, 3.8) is 0 Å². The summed E-state index contributed by atoms with van der Waals surface area (Å²) in [4.78, 5) is 21.5. The maximum absolute atomic E-state index is 12.7. The molecular weight excluding hydrogens is 394 g/mol. The number of likely N-dealkylation sites (tertiary alicyclic amines) is 1. The molecule has 3 aromatic rings. The van der Waals surface area contributed by atoms with Crippen molar-refractivity contribution in [2.24, 2.45) is 0 Å². The van der Waals surface area contributed by atoms with Gasteiger partial charge in [-0.1, -0.05) is 48.5 Å².